The molecule has 88 valence electrons. The molecule has 0 saturated carbocycles. The first-order valence-corrected chi connectivity index (χ1v) is 5.51. The molecule has 0 aromatic carbocycles. The van der Waals surface area contributed by atoms with Crippen LogP contribution in [0.2, 0.25) is 0 Å². The van der Waals surface area contributed by atoms with Gasteiger partial charge in [-0.2, -0.15) is 0 Å². The third-order valence-electron chi connectivity index (χ3n) is 2.47. The van der Waals surface area contributed by atoms with Crippen LogP contribution < -0.4 is 5.32 Å². The van der Waals surface area contributed by atoms with Crippen LogP contribution in [0.4, 0.5) is 0 Å². The van der Waals surface area contributed by atoms with Crippen molar-refractivity contribution in [3.05, 3.63) is 30.1 Å². The van der Waals surface area contributed by atoms with E-state index >= 15 is 0 Å². The molecule has 0 aliphatic carbocycles. The van der Waals surface area contributed by atoms with Crippen LogP contribution in [0, 0.1) is 0 Å². The summed E-state index contributed by atoms with van der Waals surface area (Å²) in [5.74, 6) is 0.180. The number of nitrogens with one attached hydrogen (secondary N) is 1. The Morgan fingerprint density at radius 1 is 1.56 bits per heavy atom. The minimum atomic E-state index is 0.180. The Hall–Kier alpha value is -1.42. The number of likely N-dealkylation sites (N-methyl/N-ethyl adjacent to an activating group) is 2. The van der Waals surface area contributed by atoms with Gasteiger partial charge in [-0.3, -0.25) is 9.78 Å². The number of rotatable bonds is 6. The lowest BCUT2D eigenvalue weighted by Crippen LogP contribution is -2.32. The quantitative estimate of drug-likeness (QED) is 0.769. The van der Waals surface area contributed by atoms with Crippen molar-refractivity contribution in [1.29, 1.82) is 0 Å². The second kappa shape index (κ2) is 6.95. The van der Waals surface area contributed by atoms with E-state index in [2.05, 4.69) is 10.3 Å². The van der Waals surface area contributed by atoms with Gasteiger partial charge in [0, 0.05) is 39.0 Å². The Balaban J connectivity index is 2.29. The van der Waals surface area contributed by atoms with Gasteiger partial charge in [-0.25, -0.2) is 0 Å². The maximum absolute atomic E-state index is 11.7. The zero-order valence-electron chi connectivity index (χ0n) is 9.94. The second-order valence-corrected chi connectivity index (χ2v) is 3.78. The predicted molar refractivity (Wildman–Crippen MR) is 64.1 cm³/mol. The summed E-state index contributed by atoms with van der Waals surface area (Å²) < 4.78 is 0. The zero-order chi connectivity index (χ0) is 11.8. The number of hydrogen-bond donors (Lipinski definition) is 1. The van der Waals surface area contributed by atoms with Crippen LogP contribution in [0.5, 0.6) is 0 Å². The second-order valence-electron chi connectivity index (χ2n) is 3.78. The summed E-state index contributed by atoms with van der Waals surface area (Å²) in [4.78, 5) is 17.5. The molecule has 0 bridgehead atoms. The summed E-state index contributed by atoms with van der Waals surface area (Å²) >= 11 is 0. The van der Waals surface area contributed by atoms with Crippen molar-refractivity contribution < 1.29 is 4.79 Å². The molecular formula is C12H19N3O. The van der Waals surface area contributed by atoms with Gasteiger partial charge in [0.25, 0.3) is 0 Å². The topological polar surface area (TPSA) is 45.2 Å². The molecule has 1 heterocycles. The van der Waals surface area contributed by atoms with Crippen LogP contribution in [-0.4, -0.2) is 43.0 Å². The van der Waals surface area contributed by atoms with E-state index in [0.717, 1.165) is 25.1 Å². The highest BCUT2D eigenvalue weighted by Gasteiger charge is 2.07. The molecule has 16 heavy (non-hydrogen) atoms. The van der Waals surface area contributed by atoms with Crippen molar-refractivity contribution in [2.45, 2.75) is 12.8 Å². The van der Waals surface area contributed by atoms with Crippen LogP contribution in [0.1, 0.15) is 12.0 Å². The average Bonchev–Trinajstić information content (AvgIpc) is 2.34. The van der Waals surface area contributed by atoms with Crippen molar-refractivity contribution in [1.82, 2.24) is 15.2 Å². The van der Waals surface area contributed by atoms with Crippen molar-refractivity contribution in [3.63, 3.8) is 0 Å². The number of pyridine rings is 1. The summed E-state index contributed by atoms with van der Waals surface area (Å²) in [6, 6.07) is 3.89. The van der Waals surface area contributed by atoms with Gasteiger partial charge in [-0.15, -0.1) is 0 Å². The van der Waals surface area contributed by atoms with E-state index in [-0.39, 0.29) is 5.91 Å². The maximum Gasteiger partial charge on any atom is 0.222 e. The van der Waals surface area contributed by atoms with Gasteiger partial charge in [-0.05, 0) is 25.1 Å². The first-order valence-electron chi connectivity index (χ1n) is 5.51. The predicted octanol–water partition coefficient (Wildman–Crippen LogP) is 0.692. The molecule has 0 spiro atoms. The van der Waals surface area contributed by atoms with Gasteiger partial charge in [0.1, 0.15) is 0 Å². The van der Waals surface area contributed by atoms with Crippen LogP contribution in [0.15, 0.2) is 24.5 Å². The molecule has 0 aliphatic rings. The molecule has 1 rings (SSSR count). The lowest BCUT2D eigenvalue weighted by atomic mass is 10.1. The summed E-state index contributed by atoms with van der Waals surface area (Å²) in [7, 11) is 3.72. The third-order valence-corrected chi connectivity index (χ3v) is 2.47. The van der Waals surface area contributed by atoms with Crippen molar-refractivity contribution in [3.8, 4) is 0 Å². The SMILES string of the molecule is CNCCN(C)C(=O)CCc1cccnc1. The lowest BCUT2D eigenvalue weighted by molar-refractivity contribution is -0.129. The molecule has 4 heteroatoms. The fourth-order valence-corrected chi connectivity index (χ4v) is 1.39. The molecule has 1 N–H and O–H groups in total. The van der Waals surface area contributed by atoms with E-state index in [0.29, 0.717) is 6.42 Å². The van der Waals surface area contributed by atoms with Crippen molar-refractivity contribution in [2.75, 3.05) is 27.2 Å². The van der Waals surface area contributed by atoms with Crippen LogP contribution in [-0.2, 0) is 11.2 Å². The highest BCUT2D eigenvalue weighted by molar-refractivity contribution is 5.76. The largest absolute Gasteiger partial charge is 0.344 e. The van der Waals surface area contributed by atoms with Gasteiger partial charge in [-0.1, -0.05) is 6.07 Å². The maximum atomic E-state index is 11.7. The average molecular weight is 221 g/mol. The highest BCUT2D eigenvalue weighted by Crippen LogP contribution is 2.02. The summed E-state index contributed by atoms with van der Waals surface area (Å²) in [6.45, 7) is 1.58. The van der Waals surface area contributed by atoms with Gasteiger partial charge < -0.3 is 10.2 Å². The van der Waals surface area contributed by atoms with Crippen LogP contribution in [0.3, 0.4) is 0 Å². The minimum absolute atomic E-state index is 0.180. The molecular weight excluding hydrogens is 202 g/mol. The molecule has 0 atom stereocenters. The number of aryl methyl sites for hydroxylation is 1. The number of hydrogen-bond acceptors (Lipinski definition) is 3. The first-order chi connectivity index (χ1) is 7.74. The van der Waals surface area contributed by atoms with Crippen LogP contribution in [0.25, 0.3) is 0 Å². The highest BCUT2D eigenvalue weighted by atomic mass is 16.2. The third kappa shape index (κ3) is 4.40. The fraction of sp³-hybridized carbons (Fsp3) is 0.500. The molecule has 0 aliphatic heterocycles. The standard InChI is InChI=1S/C12H19N3O/c1-13-8-9-15(2)12(16)6-5-11-4-3-7-14-10-11/h3-4,7,10,13H,5-6,8-9H2,1-2H3. The van der Waals surface area contributed by atoms with E-state index in [1.807, 2.05) is 26.2 Å². The van der Waals surface area contributed by atoms with Gasteiger partial charge in [0.15, 0.2) is 0 Å². The Morgan fingerprint density at radius 2 is 2.38 bits per heavy atom. The molecule has 0 saturated heterocycles. The monoisotopic (exact) mass is 221 g/mol. The summed E-state index contributed by atoms with van der Waals surface area (Å²) in [6.07, 6.45) is 4.85. The fourth-order valence-electron chi connectivity index (χ4n) is 1.39. The van der Waals surface area contributed by atoms with Crippen molar-refractivity contribution in [2.24, 2.45) is 0 Å². The number of aromatic nitrogens is 1. The molecule has 4 nitrogen and oxygen atoms in total. The zero-order valence-corrected chi connectivity index (χ0v) is 9.94. The Morgan fingerprint density at radius 3 is 3.00 bits per heavy atom. The number of carbonyl (C=O) groups is 1. The number of carbonyl (C=O) groups excluding carboxylic acids is 1. The van der Waals surface area contributed by atoms with Gasteiger partial charge in [0.05, 0.1) is 0 Å². The molecule has 1 aromatic heterocycles. The summed E-state index contributed by atoms with van der Waals surface area (Å²) in [5, 5.41) is 3.02. The van der Waals surface area contributed by atoms with Gasteiger partial charge >= 0.3 is 0 Å². The smallest absolute Gasteiger partial charge is 0.222 e. The molecule has 0 unspecified atom stereocenters. The number of nitrogens with zero attached hydrogens (tertiary/aromatic N) is 2. The van der Waals surface area contributed by atoms with E-state index in [1.54, 1.807) is 17.3 Å². The first kappa shape index (κ1) is 12.6. The van der Waals surface area contributed by atoms with E-state index in [9.17, 15) is 4.79 Å². The Kier molecular flexibility index (Phi) is 5.50. The lowest BCUT2D eigenvalue weighted by Gasteiger charge is -2.16. The minimum Gasteiger partial charge on any atom is -0.344 e. The van der Waals surface area contributed by atoms with E-state index in [4.69, 9.17) is 0 Å². The van der Waals surface area contributed by atoms with Gasteiger partial charge in [0.2, 0.25) is 5.91 Å². The Bertz CT molecular complexity index is 313. The van der Waals surface area contributed by atoms with E-state index < -0.39 is 0 Å². The number of amides is 1. The summed E-state index contributed by atoms with van der Waals surface area (Å²) in [5.41, 5.74) is 1.11. The normalized spacial score (nSPS) is 10.1. The molecule has 1 aromatic rings. The Labute approximate surface area is 96.7 Å². The molecule has 0 fully saturated rings. The molecule has 0 radical (unpaired) electrons. The van der Waals surface area contributed by atoms with E-state index in [1.165, 1.54) is 0 Å². The molecule has 1 amide bonds. The van der Waals surface area contributed by atoms with Crippen LogP contribution >= 0.6 is 0 Å². The van der Waals surface area contributed by atoms with Crippen molar-refractivity contribution >= 4 is 5.91 Å².